The minimum Gasteiger partial charge on any atom is -0.492 e. The van der Waals surface area contributed by atoms with Crippen LogP contribution in [0.4, 0.5) is 0 Å². The molecule has 0 unspecified atom stereocenters. The molecular formula is C19H18O4. The van der Waals surface area contributed by atoms with E-state index in [1.54, 1.807) is 19.1 Å². The number of ether oxygens (including phenoxy) is 1. The lowest BCUT2D eigenvalue weighted by Gasteiger charge is -2.14. The summed E-state index contributed by atoms with van der Waals surface area (Å²) < 4.78 is 5.67. The van der Waals surface area contributed by atoms with Gasteiger partial charge in [-0.2, -0.15) is 0 Å². The van der Waals surface area contributed by atoms with Crippen LogP contribution in [0.15, 0.2) is 30.3 Å². The van der Waals surface area contributed by atoms with Gasteiger partial charge in [-0.25, -0.2) is 0 Å². The molecule has 2 aromatic rings. The van der Waals surface area contributed by atoms with Crippen molar-refractivity contribution in [3.63, 3.8) is 0 Å². The van der Waals surface area contributed by atoms with Gasteiger partial charge in [-0.1, -0.05) is 35.9 Å². The molecule has 4 nitrogen and oxygen atoms in total. The van der Waals surface area contributed by atoms with Gasteiger partial charge >= 0.3 is 5.97 Å². The number of fused-ring (bicyclic) bond motifs is 1. The lowest BCUT2D eigenvalue weighted by molar-refractivity contribution is -0.136. The van der Waals surface area contributed by atoms with Crippen LogP contribution >= 0.6 is 0 Å². The number of ketones is 1. The second kappa shape index (κ2) is 5.88. The smallest absolute Gasteiger partial charge is 0.307 e. The summed E-state index contributed by atoms with van der Waals surface area (Å²) in [5.74, 6) is -0.407. The molecule has 23 heavy (non-hydrogen) atoms. The topological polar surface area (TPSA) is 63.6 Å². The number of hydrogen-bond acceptors (Lipinski definition) is 3. The van der Waals surface area contributed by atoms with E-state index in [4.69, 9.17) is 9.84 Å². The number of aliphatic carboxylic acids is 1. The highest BCUT2D eigenvalue weighted by Gasteiger charge is 2.26. The summed E-state index contributed by atoms with van der Waals surface area (Å²) >= 11 is 0. The fourth-order valence-corrected chi connectivity index (χ4v) is 2.96. The summed E-state index contributed by atoms with van der Waals surface area (Å²) in [5.41, 5.74) is 4.46. The fraction of sp³-hybridized carbons (Fsp3) is 0.263. The average molecular weight is 310 g/mol. The summed E-state index contributed by atoms with van der Waals surface area (Å²) in [5, 5.41) is 9.10. The van der Waals surface area contributed by atoms with Crippen molar-refractivity contribution in [3.05, 3.63) is 63.7 Å². The zero-order valence-corrected chi connectivity index (χ0v) is 13.2. The van der Waals surface area contributed by atoms with Gasteiger partial charge in [0.15, 0.2) is 5.78 Å². The SMILES string of the molecule is Cc1ccc(C(=O)c2c(C)c(CC(=O)O)cc3c2OCC3)cc1. The van der Waals surface area contributed by atoms with Crippen LogP contribution in [-0.4, -0.2) is 23.5 Å². The van der Waals surface area contributed by atoms with Gasteiger partial charge in [-0.3, -0.25) is 9.59 Å². The molecule has 2 aromatic carbocycles. The highest BCUT2D eigenvalue weighted by Crippen LogP contribution is 2.36. The van der Waals surface area contributed by atoms with E-state index >= 15 is 0 Å². The number of benzene rings is 2. The standard InChI is InChI=1S/C19H18O4/c1-11-3-5-13(6-4-11)18(22)17-12(2)15(10-16(20)21)9-14-7-8-23-19(14)17/h3-6,9H,7-8,10H2,1-2H3,(H,20,21). The molecule has 118 valence electrons. The third-order valence-corrected chi connectivity index (χ3v) is 4.22. The first-order valence-corrected chi connectivity index (χ1v) is 7.58. The van der Waals surface area contributed by atoms with Crippen LogP contribution in [0.5, 0.6) is 5.75 Å². The molecule has 1 N–H and O–H groups in total. The summed E-state index contributed by atoms with van der Waals surface area (Å²) in [6.07, 6.45) is 0.615. The summed E-state index contributed by atoms with van der Waals surface area (Å²) in [6, 6.07) is 9.23. The molecule has 4 heteroatoms. The van der Waals surface area contributed by atoms with Crippen molar-refractivity contribution in [2.24, 2.45) is 0 Å². The zero-order chi connectivity index (χ0) is 16.6. The molecule has 0 spiro atoms. The van der Waals surface area contributed by atoms with E-state index in [1.807, 2.05) is 25.1 Å². The Bertz CT molecular complexity index is 788. The van der Waals surface area contributed by atoms with E-state index in [2.05, 4.69) is 0 Å². The van der Waals surface area contributed by atoms with E-state index < -0.39 is 5.97 Å². The Morgan fingerprint density at radius 2 is 1.87 bits per heavy atom. The van der Waals surface area contributed by atoms with E-state index in [0.29, 0.717) is 41.0 Å². The van der Waals surface area contributed by atoms with Crippen molar-refractivity contribution < 1.29 is 19.4 Å². The fourth-order valence-electron chi connectivity index (χ4n) is 2.96. The van der Waals surface area contributed by atoms with Crippen molar-refractivity contribution >= 4 is 11.8 Å². The van der Waals surface area contributed by atoms with Gasteiger partial charge in [0.1, 0.15) is 5.75 Å². The Hall–Kier alpha value is -2.62. The highest BCUT2D eigenvalue weighted by atomic mass is 16.5. The molecule has 0 aromatic heterocycles. The maximum absolute atomic E-state index is 12.9. The van der Waals surface area contributed by atoms with Gasteiger partial charge in [-0.05, 0) is 30.5 Å². The molecule has 0 atom stereocenters. The second-order valence-electron chi connectivity index (χ2n) is 5.89. The van der Waals surface area contributed by atoms with Crippen molar-refractivity contribution in [1.29, 1.82) is 0 Å². The van der Waals surface area contributed by atoms with Gasteiger partial charge < -0.3 is 9.84 Å². The van der Waals surface area contributed by atoms with Gasteiger partial charge in [0.05, 0.1) is 18.6 Å². The third-order valence-electron chi connectivity index (χ3n) is 4.22. The molecule has 0 bridgehead atoms. The number of carboxylic acids is 1. The van der Waals surface area contributed by atoms with Gasteiger partial charge in [0.25, 0.3) is 0 Å². The largest absolute Gasteiger partial charge is 0.492 e. The Morgan fingerprint density at radius 3 is 2.52 bits per heavy atom. The molecule has 0 saturated heterocycles. The maximum Gasteiger partial charge on any atom is 0.307 e. The van der Waals surface area contributed by atoms with Crippen LogP contribution in [0.3, 0.4) is 0 Å². The van der Waals surface area contributed by atoms with E-state index in [-0.39, 0.29) is 12.2 Å². The molecule has 1 heterocycles. The predicted molar refractivity (Wildman–Crippen MR) is 86.3 cm³/mol. The van der Waals surface area contributed by atoms with Crippen molar-refractivity contribution in [2.75, 3.05) is 6.61 Å². The second-order valence-corrected chi connectivity index (χ2v) is 5.89. The van der Waals surface area contributed by atoms with Crippen LogP contribution in [-0.2, 0) is 17.6 Å². The number of hydrogen-bond donors (Lipinski definition) is 1. The number of carboxylic acid groups (broad SMARTS) is 1. The number of aryl methyl sites for hydroxylation is 1. The average Bonchev–Trinajstić information content (AvgIpc) is 2.95. The number of carbonyl (C=O) groups excluding carboxylic acids is 1. The zero-order valence-electron chi connectivity index (χ0n) is 13.2. The Labute approximate surface area is 134 Å². The van der Waals surface area contributed by atoms with Crippen molar-refractivity contribution in [3.8, 4) is 5.75 Å². The molecule has 1 aliphatic heterocycles. The molecular weight excluding hydrogens is 292 g/mol. The van der Waals surface area contributed by atoms with Crippen molar-refractivity contribution in [2.45, 2.75) is 26.7 Å². The van der Waals surface area contributed by atoms with E-state index in [0.717, 1.165) is 11.1 Å². The Kier molecular flexibility index (Phi) is 3.90. The van der Waals surface area contributed by atoms with E-state index in [1.165, 1.54) is 0 Å². The maximum atomic E-state index is 12.9. The van der Waals surface area contributed by atoms with Crippen LogP contribution in [0.1, 0.15) is 38.2 Å². The lowest BCUT2D eigenvalue weighted by atomic mass is 9.90. The quantitative estimate of drug-likeness (QED) is 0.881. The van der Waals surface area contributed by atoms with Gasteiger partial charge in [0.2, 0.25) is 0 Å². The summed E-state index contributed by atoms with van der Waals surface area (Å²) in [6.45, 7) is 4.29. The van der Waals surface area contributed by atoms with Crippen LogP contribution in [0, 0.1) is 13.8 Å². The van der Waals surface area contributed by atoms with Crippen LogP contribution < -0.4 is 4.74 Å². The summed E-state index contributed by atoms with van der Waals surface area (Å²) in [7, 11) is 0. The molecule has 0 amide bonds. The lowest BCUT2D eigenvalue weighted by Crippen LogP contribution is -2.10. The molecule has 0 saturated carbocycles. The first kappa shape index (κ1) is 15.3. The van der Waals surface area contributed by atoms with Gasteiger partial charge in [-0.15, -0.1) is 0 Å². The third kappa shape index (κ3) is 2.84. The van der Waals surface area contributed by atoms with Crippen molar-refractivity contribution in [1.82, 2.24) is 0 Å². The van der Waals surface area contributed by atoms with E-state index in [9.17, 15) is 9.59 Å². The first-order valence-electron chi connectivity index (χ1n) is 7.58. The number of carbonyl (C=O) groups is 2. The minimum absolute atomic E-state index is 0.0900. The van der Waals surface area contributed by atoms with Crippen LogP contribution in [0.25, 0.3) is 0 Å². The van der Waals surface area contributed by atoms with Crippen LogP contribution in [0.2, 0.25) is 0 Å². The first-order chi connectivity index (χ1) is 11.0. The monoisotopic (exact) mass is 310 g/mol. The molecule has 0 aliphatic carbocycles. The highest BCUT2D eigenvalue weighted by molar-refractivity contribution is 6.12. The minimum atomic E-state index is -0.902. The number of rotatable bonds is 4. The molecule has 0 fully saturated rings. The normalized spacial score (nSPS) is 12.6. The predicted octanol–water partition coefficient (Wildman–Crippen LogP) is 3.10. The molecule has 1 aliphatic rings. The Balaban J connectivity index is 2.13. The molecule has 0 radical (unpaired) electrons. The van der Waals surface area contributed by atoms with Gasteiger partial charge in [0, 0.05) is 12.0 Å². The summed E-state index contributed by atoms with van der Waals surface area (Å²) in [4.78, 5) is 24.0. The Morgan fingerprint density at radius 1 is 1.17 bits per heavy atom. The molecule has 3 rings (SSSR count).